The summed E-state index contributed by atoms with van der Waals surface area (Å²) >= 11 is -3.54. The first-order chi connectivity index (χ1) is 2.00. The normalized spacial score (nSPS) is 11.6. The summed E-state index contributed by atoms with van der Waals surface area (Å²) in [6, 6.07) is 0. The monoisotopic (exact) mass is 306 g/mol. The van der Waals surface area contributed by atoms with Gasteiger partial charge in [0, 0.05) is 0 Å². The molecule has 0 saturated carbocycles. The van der Waals surface area contributed by atoms with Crippen LogP contribution in [-0.4, -0.2) is 18.1 Å². The Bertz CT molecular complexity index is 90.1. The quantitative estimate of drug-likeness (QED) is 0.494. The van der Waals surface area contributed by atoms with Crippen LogP contribution >= 0.6 is 18.7 Å². The van der Waals surface area contributed by atoms with Crippen LogP contribution < -0.4 is 0 Å². The molecule has 0 saturated heterocycles. The Hall–Kier alpha value is 1.08. The third kappa shape index (κ3) is 41.3. The third-order valence-corrected chi connectivity index (χ3v) is 0. The second kappa shape index (κ2) is 1.69. The molecule has 5 heavy (non-hydrogen) atoms. The summed E-state index contributed by atoms with van der Waals surface area (Å²) in [6.07, 6.45) is 0. The van der Waals surface area contributed by atoms with E-state index in [1.54, 1.807) is 0 Å². The fourth-order valence-electron chi connectivity index (χ4n) is 0. The summed E-state index contributed by atoms with van der Waals surface area (Å²) in [5, 5.41) is 0. The first-order valence-electron chi connectivity index (χ1n) is 0.670. The average molecular weight is 304 g/mol. The predicted molar refractivity (Wildman–Crippen MR) is 23.4 cm³/mol. The first-order valence-corrected chi connectivity index (χ1v) is 10.4. The number of hydrogen-bond donors (Lipinski definition) is 1. The van der Waals surface area contributed by atoms with Crippen molar-refractivity contribution in [3.8, 4) is 0 Å². The Labute approximate surface area is 42.7 Å². The van der Waals surface area contributed by atoms with Gasteiger partial charge in [-0.15, -0.1) is 0 Å². The maximum absolute atomic E-state index is 9.28. The van der Waals surface area contributed by atoms with Gasteiger partial charge in [0.05, 0.1) is 0 Å². The van der Waals surface area contributed by atoms with Gasteiger partial charge in [-0.25, -0.2) is 0 Å². The predicted octanol–water partition coefficient (Wildman–Crippen LogP) is -0.290. The van der Waals surface area contributed by atoms with E-state index in [4.69, 9.17) is 3.47 Å². The SMILES string of the molecule is O=[Te](=O)(O)I. The number of hydrogen-bond acceptors (Lipinski definition) is 2. The molecule has 0 aliphatic rings. The van der Waals surface area contributed by atoms with Crippen LogP contribution in [0.25, 0.3) is 0 Å². The van der Waals surface area contributed by atoms with E-state index in [9.17, 15) is 6.21 Å². The molecule has 0 unspecified atom stereocenters. The van der Waals surface area contributed by atoms with E-state index in [1.165, 1.54) is 0 Å². The van der Waals surface area contributed by atoms with E-state index < -0.39 is 14.6 Å². The van der Waals surface area contributed by atoms with Crippen molar-refractivity contribution in [2.45, 2.75) is 0 Å². The van der Waals surface area contributed by atoms with E-state index in [0.29, 0.717) is 0 Å². The second-order valence-corrected chi connectivity index (χ2v) is 10.2. The molecular formula is HIO3Te. The molecule has 0 aromatic carbocycles. The molecule has 0 spiro atoms. The van der Waals surface area contributed by atoms with Gasteiger partial charge in [0.15, 0.2) is 0 Å². The fraction of sp³-hybridized carbons (Fsp3) is 0. The molecule has 0 aliphatic heterocycles. The second-order valence-electron chi connectivity index (χ2n) is 0.412. The van der Waals surface area contributed by atoms with Gasteiger partial charge < -0.3 is 0 Å². The van der Waals surface area contributed by atoms with Crippen LogP contribution in [0.3, 0.4) is 0 Å². The van der Waals surface area contributed by atoms with Gasteiger partial charge in [-0.3, -0.25) is 0 Å². The first kappa shape index (κ1) is 6.08. The molecule has 0 aromatic rings. The maximum atomic E-state index is 9.28. The summed E-state index contributed by atoms with van der Waals surface area (Å²) in [4.78, 5) is 0. The van der Waals surface area contributed by atoms with Gasteiger partial charge in [-0.05, 0) is 0 Å². The van der Waals surface area contributed by atoms with E-state index >= 15 is 0 Å². The number of halogens is 1. The van der Waals surface area contributed by atoms with Crippen LogP contribution in [0.4, 0.5) is 0 Å². The molecule has 5 heteroatoms. The Morgan fingerprint density at radius 2 is 1.60 bits per heavy atom. The van der Waals surface area contributed by atoms with Crippen molar-refractivity contribution in [1.29, 1.82) is 0 Å². The molecule has 3 nitrogen and oxygen atoms in total. The van der Waals surface area contributed by atoms with Crippen LogP contribution in [0.2, 0.25) is 0 Å². The Balaban J connectivity index is 4.06. The van der Waals surface area contributed by atoms with Crippen molar-refractivity contribution in [3.63, 3.8) is 0 Å². The molecule has 32 valence electrons. The molecule has 0 aromatic heterocycles. The molecule has 0 bridgehead atoms. The Morgan fingerprint density at radius 3 is 1.60 bits per heavy atom. The summed E-state index contributed by atoms with van der Waals surface area (Å²) in [6.45, 7) is 0. The fourth-order valence-corrected chi connectivity index (χ4v) is 0. The minimum atomic E-state index is -4.55. The van der Waals surface area contributed by atoms with Gasteiger partial charge in [-0.2, -0.15) is 0 Å². The van der Waals surface area contributed by atoms with Gasteiger partial charge in [0.1, 0.15) is 0 Å². The molecule has 0 amide bonds. The summed E-state index contributed by atoms with van der Waals surface area (Å²) in [5.41, 5.74) is 0. The molecule has 0 fully saturated rings. The topological polar surface area (TPSA) is 54.4 Å². The van der Waals surface area contributed by atoms with Crippen LogP contribution in [0, 0.1) is 0 Å². The molecular weight excluding hydrogens is 303 g/mol. The standard InChI is InChI=1S/HIO3Te/c1-5(2,3)4/h(H,2,3,4). The molecule has 1 N–H and O–H groups in total. The van der Waals surface area contributed by atoms with Crippen molar-refractivity contribution in [1.82, 2.24) is 0 Å². The Kier molecular flexibility index (Phi) is 2.05. The summed E-state index contributed by atoms with van der Waals surface area (Å²) in [5.74, 6) is 0. The molecule has 0 radical (unpaired) electrons. The van der Waals surface area contributed by atoms with Crippen molar-refractivity contribution in [2.75, 3.05) is 0 Å². The van der Waals surface area contributed by atoms with Crippen molar-refractivity contribution in [3.05, 3.63) is 0 Å². The van der Waals surface area contributed by atoms with Crippen LogP contribution in [0.5, 0.6) is 0 Å². The Morgan fingerprint density at radius 1 is 1.60 bits per heavy atom. The van der Waals surface area contributed by atoms with Crippen molar-refractivity contribution < 1.29 is 9.68 Å². The van der Waals surface area contributed by atoms with E-state index in [0.717, 1.165) is 18.7 Å². The van der Waals surface area contributed by atoms with Gasteiger partial charge in [0.25, 0.3) is 0 Å². The summed E-state index contributed by atoms with van der Waals surface area (Å²) < 4.78 is 26.1. The van der Waals surface area contributed by atoms with E-state index in [2.05, 4.69) is 0 Å². The van der Waals surface area contributed by atoms with E-state index in [-0.39, 0.29) is 0 Å². The van der Waals surface area contributed by atoms with Crippen molar-refractivity contribution in [2.24, 2.45) is 0 Å². The van der Waals surface area contributed by atoms with Crippen LogP contribution in [-0.2, 0) is 6.21 Å². The van der Waals surface area contributed by atoms with E-state index in [1.807, 2.05) is 0 Å². The van der Waals surface area contributed by atoms with Gasteiger partial charge in [0.2, 0.25) is 0 Å². The zero-order valence-corrected chi connectivity index (χ0v) is 6.54. The molecule has 0 rings (SSSR count). The zero-order chi connectivity index (χ0) is 4.50. The van der Waals surface area contributed by atoms with Gasteiger partial charge in [-0.1, -0.05) is 0 Å². The molecule has 0 heterocycles. The van der Waals surface area contributed by atoms with Crippen LogP contribution in [0.15, 0.2) is 0 Å². The average Bonchev–Trinajstić information content (AvgIpc) is 0.722. The van der Waals surface area contributed by atoms with Crippen molar-refractivity contribution >= 4 is 33.3 Å². The van der Waals surface area contributed by atoms with Gasteiger partial charge >= 0.3 is 43.0 Å². The summed E-state index contributed by atoms with van der Waals surface area (Å²) in [7, 11) is 0. The number of rotatable bonds is 0. The van der Waals surface area contributed by atoms with Crippen LogP contribution in [0.1, 0.15) is 0 Å². The minimum absolute atomic E-state index is 1.01. The molecule has 0 aliphatic carbocycles. The molecule has 0 atom stereocenters. The zero-order valence-electron chi connectivity index (χ0n) is 2.05. The third-order valence-electron chi connectivity index (χ3n) is 0.